The molecule has 0 aromatic heterocycles. The van der Waals surface area contributed by atoms with Gasteiger partial charge in [0.2, 0.25) is 0 Å². The maximum Gasteiger partial charge on any atom is 0.387 e. The van der Waals surface area contributed by atoms with Crippen molar-refractivity contribution in [3.8, 4) is 5.75 Å². The fourth-order valence-corrected chi connectivity index (χ4v) is 3.36. The summed E-state index contributed by atoms with van der Waals surface area (Å²) in [5, 5.41) is 3.58. The van der Waals surface area contributed by atoms with Gasteiger partial charge in [-0.2, -0.15) is 8.78 Å². The van der Waals surface area contributed by atoms with E-state index in [1.54, 1.807) is 12.1 Å². The maximum absolute atomic E-state index is 12.6. The maximum atomic E-state index is 12.6. The second-order valence-corrected chi connectivity index (χ2v) is 5.95. The third-order valence-electron chi connectivity index (χ3n) is 4.42. The number of rotatable bonds is 5. The first-order chi connectivity index (χ1) is 11.1. The minimum Gasteiger partial charge on any atom is -0.434 e. The summed E-state index contributed by atoms with van der Waals surface area (Å²) in [6, 6.07) is 15.6. The molecule has 0 saturated carbocycles. The van der Waals surface area contributed by atoms with Gasteiger partial charge in [-0.05, 0) is 43.4 Å². The van der Waals surface area contributed by atoms with E-state index in [2.05, 4.69) is 34.3 Å². The van der Waals surface area contributed by atoms with E-state index >= 15 is 0 Å². The summed E-state index contributed by atoms with van der Waals surface area (Å²) in [5.74, 6) is 0.242. The van der Waals surface area contributed by atoms with Crippen molar-refractivity contribution in [3.05, 3.63) is 65.2 Å². The summed E-state index contributed by atoms with van der Waals surface area (Å²) in [4.78, 5) is 0. The van der Waals surface area contributed by atoms with E-state index in [9.17, 15) is 8.78 Å². The molecule has 0 saturated heterocycles. The largest absolute Gasteiger partial charge is 0.434 e. The summed E-state index contributed by atoms with van der Waals surface area (Å²) in [5.41, 5.74) is 3.45. The zero-order valence-electron chi connectivity index (χ0n) is 13.1. The molecule has 2 aromatic rings. The highest BCUT2D eigenvalue weighted by atomic mass is 19.3. The molecule has 2 atom stereocenters. The summed E-state index contributed by atoms with van der Waals surface area (Å²) in [6.07, 6.45) is 3.30. The molecule has 0 fully saturated rings. The molecule has 0 heterocycles. The molecule has 2 nitrogen and oxygen atoms in total. The Balaban J connectivity index is 1.79. The van der Waals surface area contributed by atoms with Gasteiger partial charge in [0.1, 0.15) is 5.75 Å². The van der Waals surface area contributed by atoms with Crippen molar-refractivity contribution in [1.29, 1.82) is 0 Å². The Morgan fingerprint density at radius 3 is 2.65 bits per heavy atom. The molecule has 2 unspecified atom stereocenters. The fourth-order valence-electron chi connectivity index (χ4n) is 3.36. The lowest BCUT2D eigenvalue weighted by molar-refractivity contribution is -0.0507. The van der Waals surface area contributed by atoms with Crippen molar-refractivity contribution < 1.29 is 13.5 Å². The molecule has 23 heavy (non-hydrogen) atoms. The highest BCUT2D eigenvalue weighted by molar-refractivity contribution is 5.37. The van der Waals surface area contributed by atoms with E-state index in [1.807, 2.05) is 19.1 Å². The van der Waals surface area contributed by atoms with Gasteiger partial charge in [-0.1, -0.05) is 42.5 Å². The number of aryl methyl sites for hydroxylation is 1. The Morgan fingerprint density at radius 2 is 1.83 bits per heavy atom. The van der Waals surface area contributed by atoms with Crippen molar-refractivity contribution >= 4 is 0 Å². The van der Waals surface area contributed by atoms with Crippen molar-refractivity contribution in [3.63, 3.8) is 0 Å². The van der Waals surface area contributed by atoms with E-state index in [1.165, 1.54) is 11.1 Å². The van der Waals surface area contributed by atoms with Crippen LogP contribution in [0.25, 0.3) is 0 Å². The number of ether oxygens (including phenoxy) is 1. The summed E-state index contributed by atoms with van der Waals surface area (Å²) >= 11 is 0. The van der Waals surface area contributed by atoms with Crippen LogP contribution in [0.1, 0.15) is 48.5 Å². The fraction of sp³-hybridized carbons (Fsp3) is 0.368. The van der Waals surface area contributed by atoms with E-state index in [0.717, 1.165) is 24.8 Å². The van der Waals surface area contributed by atoms with Gasteiger partial charge in [-0.15, -0.1) is 0 Å². The minimum absolute atomic E-state index is 0.0684. The number of benzene rings is 2. The topological polar surface area (TPSA) is 21.3 Å². The molecule has 0 spiro atoms. The number of nitrogens with one attached hydrogen (secondary N) is 1. The quantitative estimate of drug-likeness (QED) is 0.836. The van der Waals surface area contributed by atoms with Crippen LogP contribution in [0.2, 0.25) is 0 Å². The van der Waals surface area contributed by atoms with E-state index in [0.29, 0.717) is 0 Å². The molecule has 4 heteroatoms. The lowest BCUT2D eigenvalue weighted by Crippen LogP contribution is -2.28. The van der Waals surface area contributed by atoms with Crippen LogP contribution < -0.4 is 10.1 Å². The van der Waals surface area contributed by atoms with E-state index < -0.39 is 6.61 Å². The Bertz CT molecular complexity index is 659. The Hall–Kier alpha value is -1.94. The number of hydrogen-bond acceptors (Lipinski definition) is 2. The van der Waals surface area contributed by atoms with Gasteiger partial charge in [-0.25, -0.2) is 0 Å². The van der Waals surface area contributed by atoms with Crippen LogP contribution in [-0.4, -0.2) is 6.61 Å². The first-order valence-electron chi connectivity index (χ1n) is 8.02. The monoisotopic (exact) mass is 317 g/mol. The van der Waals surface area contributed by atoms with Crippen LogP contribution in [0.5, 0.6) is 5.75 Å². The average Bonchev–Trinajstić information content (AvgIpc) is 2.55. The van der Waals surface area contributed by atoms with Crippen LogP contribution in [0, 0.1) is 0 Å². The molecule has 0 radical (unpaired) electrons. The van der Waals surface area contributed by atoms with Crippen LogP contribution >= 0.6 is 0 Å². The van der Waals surface area contributed by atoms with E-state index in [-0.39, 0.29) is 17.8 Å². The molecule has 1 aliphatic carbocycles. The molecule has 0 bridgehead atoms. The predicted molar refractivity (Wildman–Crippen MR) is 86.7 cm³/mol. The molecule has 1 N–H and O–H groups in total. The standard InChI is InChI=1S/C19H21F2NO/c1-13(15-9-4-5-12-18(15)23-19(20)21)22-17-11-6-8-14-7-2-3-10-16(14)17/h2-5,7,9-10,12-13,17,19,22H,6,8,11H2,1H3. The lowest BCUT2D eigenvalue weighted by Gasteiger charge is -2.30. The first kappa shape index (κ1) is 15.9. The molecule has 1 aliphatic rings. The summed E-state index contributed by atoms with van der Waals surface area (Å²) in [7, 11) is 0. The van der Waals surface area contributed by atoms with Gasteiger partial charge >= 0.3 is 6.61 Å². The van der Waals surface area contributed by atoms with Gasteiger partial charge in [0, 0.05) is 17.6 Å². The molecule has 122 valence electrons. The zero-order chi connectivity index (χ0) is 16.2. The van der Waals surface area contributed by atoms with Gasteiger partial charge in [0.05, 0.1) is 0 Å². The zero-order valence-corrected chi connectivity index (χ0v) is 13.1. The van der Waals surface area contributed by atoms with Crippen molar-refractivity contribution in [1.82, 2.24) is 5.32 Å². The van der Waals surface area contributed by atoms with Crippen molar-refractivity contribution in [2.24, 2.45) is 0 Å². The van der Waals surface area contributed by atoms with Crippen molar-refractivity contribution in [2.75, 3.05) is 0 Å². The summed E-state index contributed by atoms with van der Waals surface area (Å²) < 4.78 is 29.8. The van der Waals surface area contributed by atoms with Gasteiger partial charge in [-0.3, -0.25) is 0 Å². The normalized spacial score (nSPS) is 18.5. The Kier molecular flexibility index (Phi) is 4.91. The van der Waals surface area contributed by atoms with Gasteiger partial charge in [0.15, 0.2) is 0 Å². The Labute approximate surface area is 135 Å². The highest BCUT2D eigenvalue weighted by Crippen LogP contribution is 2.33. The number of para-hydroxylation sites is 1. The third-order valence-corrected chi connectivity index (χ3v) is 4.42. The SMILES string of the molecule is CC(NC1CCCc2ccccc21)c1ccccc1OC(F)F. The van der Waals surface area contributed by atoms with Crippen LogP contribution in [0.15, 0.2) is 48.5 Å². The molecular formula is C19H21F2NO. The molecule has 2 aromatic carbocycles. The van der Waals surface area contributed by atoms with Gasteiger partial charge in [0.25, 0.3) is 0 Å². The molecule has 0 aliphatic heterocycles. The average molecular weight is 317 g/mol. The van der Waals surface area contributed by atoms with Crippen LogP contribution in [0.3, 0.4) is 0 Å². The summed E-state index contributed by atoms with van der Waals surface area (Å²) in [6.45, 7) is -0.816. The minimum atomic E-state index is -2.81. The predicted octanol–water partition coefficient (Wildman–Crippen LogP) is 5.02. The second kappa shape index (κ2) is 7.09. The van der Waals surface area contributed by atoms with Crippen LogP contribution in [0.4, 0.5) is 8.78 Å². The molecule has 3 rings (SSSR count). The lowest BCUT2D eigenvalue weighted by atomic mass is 9.87. The first-order valence-corrected chi connectivity index (χ1v) is 8.02. The second-order valence-electron chi connectivity index (χ2n) is 5.95. The highest BCUT2D eigenvalue weighted by Gasteiger charge is 2.23. The smallest absolute Gasteiger partial charge is 0.387 e. The number of halogens is 2. The molecular weight excluding hydrogens is 296 g/mol. The Morgan fingerprint density at radius 1 is 1.09 bits per heavy atom. The number of fused-ring (bicyclic) bond motifs is 1. The van der Waals surface area contributed by atoms with E-state index in [4.69, 9.17) is 0 Å². The number of hydrogen-bond donors (Lipinski definition) is 1. The van der Waals surface area contributed by atoms with Gasteiger partial charge < -0.3 is 10.1 Å². The number of alkyl halides is 2. The third kappa shape index (κ3) is 3.70. The van der Waals surface area contributed by atoms with Crippen molar-refractivity contribution in [2.45, 2.75) is 44.9 Å². The molecule has 0 amide bonds. The van der Waals surface area contributed by atoms with Crippen LogP contribution in [-0.2, 0) is 6.42 Å².